The zero-order valence-corrected chi connectivity index (χ0v) is 14.1. The maximum atomic E-state index is 12.3. The molecule has 1 unspecified atom stereocenters. The van der Waals surface area contributed by atoms with Gasteiger partial charge in [-0.25, -0.2) is 0 Å². The van der Waals surface area contributed by atoms with Crippen LogP contribution in [0.5, 0.6) is 0 Å². The monoisotopic (exact) mass is 300 g/mol. The van der Waals surface area contributed by atoms with Gasteiger partial charge >= 0.3 is 0 Å². The molecule has 1 heterocycles. The number of likely N-dealkylation sites (tertiary alicyclic amines) is 1. The SMILES string of the molecule is CSCCCCCCNC(C)C(=O)N1CCCCCC1. The first-order valence-corrected chi connectivity index (χ1v) is 9.66. The predicted molar refractivity (Wildman–Crippen MR) is 89.4 cm³/mol. The second-order valence-electron chi connectivity index (χ2n) is 5.82. The van der Waals surface area contributed by atoms with Gasteiger partial charge in [-0.05, 0) is 51.2 Å². The Kier molecular flexibility index (Phi) is 10.2. The molecule has 1 rings (SSSR count). The molecule has 1 fully saturated rings. The number of amides is 1. The van der Waals surface area contributed by atoms with Gasteiger partial charge in [0.05, 0.1) is 6.04 Å². The van der Waals surface area contributed by atoms with E-state index in [1.165, 1.54) is 57.1 Å². The molecular formula is C16H32N2OS. The lowest BCUT2D eigenvalue weighted by molar-refractivity contribution is -0.133. The molecule has 0 radical (unpaired) electrons. The van der Waals surface area contributed by atoms with E-state index < -0.39 is 0 Å². The average Bonchev–Trinajstić information content (AvgIpc) is 2.74. The number of hydrogen-bond donors (Lipinski definition) is 1. The maximum Gasteiger partial charge on any atom is 0.239 e. The van der Waals surface area contributed by atoms with E-state index in [0.717, 1.165) is 19.6 Å². The van der Waals surface area contributed by atoms with Crippen LogP contribution in [-0.2, 0) is 4.79 Å². The van der Waals surface area contributed by atoms with Gasteiger partial charge in [0, 0.05) is 13.1 Å². The summed E-state index contributed by atoms with van der Waals surface area (Å²) in [6, 6.07) is -0.0145. The second-order valence-corrected chi connectivity index (χ2v) is 6.81. The van der Waals surface area contributed by atoms with Crippen molar-refractivity contribution in [3.05, 3.63) is 0 Å². The molecule has 3 nitrogen and oxygen atoms in total. The van der Waals surface area contributed by atoms with Crippen LogP contribution in [0, 0.1) is 0 Å². The molecule has 0 aliphatic carbocycles. The van der Waals surface area contributed by atoms with Crippen molar-refractivity contribution in [2.24, 2.45) is 0 Å². The van der Waals surface area contributed by atoms with Gasteiger partial charge in [-0.2, -0.15) is 11.8 Å². The number of unbranched alkanes of at least 4 members (excludes halogenated alkanes) is 3. The van der Waals surface area contributed by atoms with Crippen LogP contribution >= 0.6 is 11.8 Å². The lowest BCUT2D eigenvalue weighted by Crippen LogP contribution is -2.45. The van der Waals surface area contributed by atoms with Crippen molar-refractivity contribution in [3.8, 4) is 0 Å². The smallest absolute Gasteiger partial charge is 0.239 e. The van der Waals surface area contributed by atoms with Gasteiger partial charge in [0.25, 0.3) is 0 Å². The maximum absolute atomic E-state index is 12.3. The number of hydrogen-bond acceptors (Lipinski definition) is 3. The summed E-state index contributed by atoms with van der Waals surface area (Å²) in [6.07, 6.45) is 12.2. The van der Waals surface area contributed by atoms with Crippen LogP contribution in [0.3, 0.4) is 0 Å². The number of nitrogens with one attached hydrogen (secondary N) is 1. The Balaban J connectivity index is 2.08. The Labute approximate surface area is 129 Å². The third kappa shape index (κ3) is 7.53. The number of nitrogens with zero attached hydrogens (tertiary/aromatic N) is 1. The minimum absolute atomic E-state index is 0.0145. The number of thioether (sulfide) groups is 1. The van der Waals surface area contributed by atoms with E-state index in [2.05, 4.69) is 16.5 Å². The molecule has 1 N–H and O–H groups in total. The molecule has 0 aromatic heterocycles. The third-order valence-electron chi connectivity index (χ3n) is 4.01. The summed E-state index contributed by atoms with van der Waals surface area (Å²) in [5.74, 6) is 1.58. The summed E-state index contributed by atoms with van der Waals surface area (Å²) in [5, 5.41) is 3.39. The van der Waals surface area contributed by atoms with E-state index in [1.807, 2.05) is 18.7 Å². The minimum Gasteiger partial charge on any atom is -0.341 e. The molecule has 0 spiro atoms. The molecular weight excluding hydrogens is 268 g/mol. The molecule has 1 aliphatic rings. The molecule has 0 aromatic rings. The molecule has 0 aromatic carbocycles. The van der Waals surface area contributed by atoms with Crippen molar-refractivity contribution < 1.29 is 4.79 Å². The molecule has 1 saturated heterocycles. The minimum atomic E-state index is -0.0145. The van der Waals surface area contributed by atoms with Crippen LogP contribution in [0.2, 0.25) is 0 Å². The first-order chi connectivity index (χ1) is 9.75. The van der Waals surface area contributed by atoms with Crippen LogP contribution in [0.1, 0.15) is 58.3 Å². The van der Waals surface area contributed by atoms with Crippen LogP contribution < -0.4 is 5.32 Å². The second kappa shape index (κ2) is 11.4. The summed E-state index contributed by atoms with van der Waals surface area (Å²) in [7, 11) is 0. The van der Waals surface area contributed by atoms with Gasteiger partial charge in [0.15, 0.2) is 0 Å². The van der Waals surface area contributed by atoms with Crippen molar-refractivity contribution in [3.63, 3.8) is 0 Å². The molecule has 4 heteroatoms. The largest absolute Gasteiger partial charge is 0.341 e. The van der Waals surface area contributed by atoms with Gasteiger partial charge in [-0.15, -0.1) is 0 Å². The Bertz CT molecular complexity index is 253. The summed E-state index contributed by atoms with van der Waals surface area (Å²) in [4.78, 5) is 14.4. The van der Waals surface area contributed by atoms with Gasteiger partial charge in [0.1, 0.15) is 0 Å². The third-order valence-corrected chi connectivity index (χ3v) is 4.71. The fourth-order valence-electron chi connectivity index (χ4n) is 2.70. The van der Waals surface area contributed by atoms with Crippen LogP contribution in [-0.4, -0.2) is 48.5 Å². The van der Waals surface area contributed by atoms with Gasteiger partial charge < -0.3 is 10.2 Å². The highest BCUT2D eigenvalue weighted by molar-refractivity contribution is 7.98. The summed E-state index contributed by atoms with van der Waals surface area (Å²) in [6.45, 7) is 4.90. The molecule has 0 saturated carbocycles. The van der Waals surface area contributed by atoms with Crippen LogP contribution in [0.4, 0.5) is 0 Å². The average molecular weight is 301 g/mol. The Hall–Kier alpha value is -0.220. The topological polar surface area (TPSA) is 32.3 Å². The predicted octanol–water partition coefficient (Wildman–Crippen LogP) is 3.29. The zero-order valence-electron chi connectivity index (χ0n) is 13.3. The van der Waals surface area contributed by atoms with Gasteiger partial charge in [-0.1, -0.05) is 25.7 Å². The summed E-state index contributed by atoms with van der Waals surface area (Å²) < 4.78 is 0. The first kappa shape index (κ1) is 17.8. The molecule has 118 valence electrons. The lowest BCUT2D eigenvalue weighted by Gasteiger charge is -2.24. The summed E-state index contributed by atoms with van der Waals surface area (Å²) >= 11 is 1.93. The molecule has 20 heavy (non-hydrogen) atoms. The Morgan fingerprint density at radius 1 is 1.10 bits per heavy atom. The number of carbonyl (C=O) groups is 1. The quantitative estimate of drug-likeness (QED) is 0.663. The Morgan fingerprint density at radius 2 is 1.75 bits per heavy atom. The number of carbonyl (C=O) groups excluding carboxylic acids is 1. The fourth-order valence-corrected chi connectivity index (χ4v) is 3.19. The number of rotatable bonds is 9. The normalized spacial score (nSPS) is 17.8. The molecule has 1 amide bonds. The highest BCUT2D eigenvalue weighted by atomic mass is 32.2. The van der Waals surface area contributed by atoms with Crippen molar-refractivity contribution in [2.75, 3.05) is 31.6 Å². The van der Waals surface area contributed by atoms with E-state index in [9.17, 15) is 4.79 Å². The van der Waals surface area contributed by atoms with Crippen molar-refractivity contribution in [1.29, 1.82) is 0 Å². The van der Waals surface area contributed by atoms with E-state index in [0.29, 0.717) is 5.91 Å². The first-order valence-electron chi connectivity index (χ1n) is 8.27. The van der Waals surface area contributed by atoms with E-state index in [1.54, 1.807) is 0 Å². The fraction of sp³-hybridized carbons (Fsp3) is 0.938. The van der Waals surface area contributed by atoms with E-state index >= 15 is 0 Å². The van der Waals surface area contributed by atoms with Gasteiger partial charge in [0.2, 0.25) is 5.91 Å². The van der Waals surface area contributed by atoms with Gasteiger partial charge in [-0.3, -0.25) is 4.79 Å². The standard InChI is InChI=1S/C16H32N2OS/c1-15(17-11-7-3-6-10-14-20-2)16(19)18-12-8-4-5-9-13-18/h15,17H,3-14H2,1-2H3. The highest BCUT2D eigenvalue weighted by Crippen LogP contribution is 2.11. The van der Waals surface area contributed by atoms with Crippen molar-refractivity contribution in [1.82, 2.24) is 10.2 Å². The zero-order chi connectivity index (χ0) is 14.6. The molecule has 0 bridgehead atoms. The van der Waals surface area contributed by atoms with Crippen molar-refractivity contribution >= 4 is 17.7 Å². The summed E-state index contributed by atoms with van der Waals surface area (Å²) in [5.41, 5.74) is 0. The van der Waals surface area contributed by atoms with E-state index in [-0.39, 0.29) is 6.04 Å². The van der Waals surface area contributed by atoms with Crippen LogP contribution in [0.15, 0.2) is 0 Å². The van der Waals surface area contributed by atoms with E-state index in [4.69, 9.17) is 0 Å². The highest BCUT2D eigenvalue weighted by Gasteiger charge is 2.20. The lowest BCUT2D eigenvalue weighted by atomic mass is 10.2. The van der Waals surface area contributed by atoms with Crippen molar-refractivity contribution in [2.45, 2.75) is 64.3 Å². The Morgan fingerprint density at radius 3 is 2.40 bits per heavy atom. The molecule has 1 aliphatic heterocycles. The molecule has 1 atom stereocenters. The van der Waals surface area contributed by atoms with Crippen LogP contribution in [0.25, 0.3) is 0 Å².